The van der Waals surface area contributed by atoms with Crippen molar-refractivity contribution in [3.8, 4) is 6.07 Å². The summed E-state index contributed by atoms with van der Waals surface area (Å²) in [5.74, 6) is 0. The second-order valence-electron chi connectivity index (χ2n) is 7.37. The first-order chi connectivity index (χ1) is 12.7. The van der Waals surface area contributed by atoms with Gasteiger partial charge in [-0.2, -0.15) is 5.26 Å². The topological polar surface area (TPSA) is 56.6 Å². The quantitative estimate of drug-likeness (QED) is 0.832. The van der Waals surface area contributed by atoms with Crippen LogP contribution in [0, 0.1) is 11.3 Å². The molecule has 1 amide bonds. The van der Waals surface area contributed by atoms with Crippen molar-refractivity contribution in [3.63, 3.8) is 0 Å². The van der Waals surface area contributed by atoms with Gasteiger partial charge in [0.1, 0.15) is 0 Å². The van der Waals surface area contributed by atoms with Gasteiger partial charge in [-0.05, 0) is 44.6 Å². The molecule has 0 bridgehead atoms. The molecule has 0 unspecified atom stereocenters. The van der Waals surface area contributed by atoms with E-state index >= 15 is 0 Å². The maximum atomic E-state index is 12.0. The Morgan fingerprint density at radius 3 is 2.58 bits per heavy atom. The monoisotopic (exact) mass is 355 g/mol. The van der Waals surface area contributed by atoms with Crippen molar-refractivity contribution in [2.24, 2.45) is 0 Å². The molecular formula is C21H29N3O2. The van der Waals surface area contributed by atoms with Crippen LogP contribution in [-0.2, 0) is 10.2 Å². The molecule has 1 aliphatic heterocycles. The summed E-state index contributed by atoms with van der Waals surface area (Å²) in [7, 11) is 0. The summed E-state index contributed by atoms with van der Waals surface area (Å²) in [5, 5.41) is 9.86. The molecule has 0 radical (unpaired) electrons. The zero-order valence-corrected chi connectivity index (χ0v) is 15.7. The van der Waals surface area contributed by atoms with Crippen LogP contribution >= 0.6 is 0 Å². The number of ether oxygens (including phenoxy) is 1. The van der Waals surface area contributed by atoms with E-state index in [-0.39, 0.29) is 11.5 Å². The Bertz CT molecular complexity index is 632. The summed E-state index contributed by atoms with van der Waals surface area (Å²) in [6.45, 7) is 5.70. The van der Waals surface area contributed by atoms with E-state index in [4.69, 9.17) is 4.74 Å². The first-order valence-corrected chi connectivity index (χ1v) is 9.81. The van der Waals surface area contributed by atoms with Crippen LogP contribution in [0.3, 0.4) is 0 Å². The lowest BCUT2D eigenvalue weighted by Gasteiger charge is -2.40. The average Bonchev–Trinajstić information content (AvgIpc) is 2.95. The summed E-state index contributed by atoms with van der Waals surface area (Å²) in [6, 6.07) is 13.4. The van der Waals surface area contributed by atoms with Gasteiger partial charge in [-0.3, -0.25) is 4.90 Å². The van der Waals surface area contributed by atoms with E-state index in [9.17, 15) is 10.1 Å². The number of carbonyl (C=O) groups is 1. The van der Waals surface area contributed by atoms with Crippen LogP contribution in [0.1, 0.15) is 44.6 Å². The third-order valence-corrected chi connectivity index (χ3v) is 5.92. The van der Waals surface area contributed by atoms with Crippen LogP contribution in [0.25, 0.3) is 0 Å². The van der Waals surface area contributed by atoms with E-state index in [1.165, 1.54) is 0 Å². The maximum Gasteiger partial charge on any atom is 0.409 e. The fourth-order valence-electron chi connectivity index (χ4n) is 4.38. The molecule has 0 N–H and O–H groups in total. The van der Waals surface area contributed by atoms with Crippen LogP contribution in [0.5, 0.6) is 0 Å². The number of hydrogen-bond acceptors (Lipinski definition) is 4. The minimum absolute atomic E-state index is 0.189. The van der Waals surface area contributed by atoms with Crippen LogP contribution < -0.4 is 0 Å². The van der Waals surface area contributed by atoms with Crippen LogP contribution in [0.2, 0.25) is 0 Å². The molecule has 2 aliphatic rings. The molecule has 0 aromatic heterocycles. The molecule has 26 heavy (non-hydrogen) atoms. The summed E-state index contributed by atoms with van der Waals surface area (Å²) < 4.78 is 5.14. The first-order valence-electron chi connectivity index (χ1n) is 9.81. The van der Waals surface area contributed by atoms with Crippen molar-refractivity contribution >= 4 is 6.09 Å². The van der Waals surface area contributed by atoms with Crippen molar-refractivity contribution in [1.82, 2.24) is 9.80 Å². The highest BCUT2D eigenvalue weighted by molar-refractivity contribution is 5.67. The normalized spacial score (nSPS) is 27.4. The minimum atomic E-state index is -0.333. The molecule has 5 heteroatoms. The number of benzene rings is 1. The fraction of sp³-hybridized carbons (Fsp3) is 0.619. The highest BCUT2D eigenvalue weighted by Gasteiger charge is 2.38. The standard InChI is InChI=1S/C21H29N3O2/c1-2-26-20(25)24-14-6-13-23(15-16-24)19-9-11-21(17-22,12-10-19)18-7-4-3-5-8-18/h3-5,7-8,19H,2,6,9-16H2,1H3. The van der Waals surface area contributed by atoms with Gasteiger partial charge in [-0.25, -0.2) is 4.79 Å². The highest BCUT2D eigenvalue weighted by Crippen LogP contribution is 2.40. The maximum absolute atomic E-state index is 12.0. The number of nitrogens with zero attached hydrogens (tertiary/aromatic N) is 3. The van der Waals surface area contributed by atoms with E-state index in [1.54, 1.807) is 0 Å². The molecule has 140 valence electrons. The smallest absolute Gasteiger partial charge is 0.409 e. The molecule has 1 heterocycles. The lowest BCUT2D eigenvalue weighted by Crippen LogP contribution is -2.44. The molecule has 1 saturated carbocycles. The molecular weight excluding hydrogens is 326 g/mol. The molecule has 0 atom stereocenters. The fourth-order valence-corrected chi connectivity index (χ4v) is 4.38. The molecule has 0 spiro atoms. The van der Waals surface area contributed by atoms with E-state index in [0.29, 0.717) is 12.6 Å². The lowest BCUT2D eigenvalue weighted by molar-refractivity contribution is 0.104. The van der Waals surface area contributed by atoms with Gasteiger partial charge in [-0.1, -0.05) is 30.3 Å². The first kappa shape index (κ1) is 18.7. The number of hydrogen-bond donors (Lipinski definition) is 0. The van der Waals surface area contributed by atoms with Crippen molar-refractivity contribution < 1.29 is 9.53 Å². The zero-order valence-electron chi connectivity index (χ0n) is 15.7. The van der Waals surface area contributed by atoms with E-state index in [2.05, 4.69) is 23.1 Å². The molecule has 1 aromatic rings. The zero-order chi connectivity index (χ0) is 18.4. The predicted molar refractivity (Wildman–Crippen MR) is 101 cm³/mol. The Kier molecular flexibility index (Phi) is 6.16. The largest absolute Gasteiger partial charge is 0.450 e. The van der Waals surface area contributed by atoms with Crippen LogP contribution in [-0.4, -0.2) is 54.7 Å². The predicted octanol–water partition coefficient (Wildman–Crippen LogP) is 3.55. The molecule has 1 aromatic carbocycles. The number of rotatable bonds is 3. The highest BCUT2D eigenvalue weighted by atomic mass is 16.6. The Labute approximate surface area is 156 Å². The Morgan fingerprint density at radius 2 is 1.92 bits per heavy atom. The SMILES string of the molecule is CCOC(=O)N1CCCN(C2CCC(C#N)(c3ccccc3)CC2)CC1. The van der Waals surface area contributed by atoms with Crippen molar-refractivity contribution in [2.45, 2.75) is 50.5 Å². The van der Waals surface area contributed by atoms with Crippen LogP contribution in [0.4, 0.5) is 4.79 Å². The summed E-state index contributed by atoms with van der Waals surface area (Å²) >= 11 is 0. The number of nitriles is 1. The number of carbonyl (C=O) groups excluding carboxylic acids is 1. The van der Waals surface area contributed by atoms with Gasteiger partial charge in [0.25, 0.3) is 0 Å². The van der Waals surface area contributed by atoms with E-state index < -0.39 is 0 Å². The summed E-state index contributed by atoms with van der Waals surface area (Å²) in [6.07, 6.45) is 4.71. The lowest BCUT2D eigenvalue weighted by atomic mass is 9.69. The van der Waals surface area contributed by atoms with Gasteiger partial charge in [0, 0.05) is 32.2 Å². The van der Waals surface area contributed by atoms with Gasteiger partial charge >= 0.3 is 6.09 Å². The Morgan fingerprint density at radius 1 is 1.19 bits per heavy atom. The number of amides is 1. The van der Waals surface area contributed by atoms with Crippen molar-refractivity contribution in [3.05, 3.63) is 35.9 Å². The molecule has 5 nitrogen and oxygen atoms in total. The van der Waals surface area contributed by atoms with Crippen molar-refractivity contribution in [1.29, 1.82) is 5.26 Å². The second-order valence-corrected chi connectivity index (χ2v) is 7.37. The summed E-state index contributed by atoms with van der Waals surface area (Å²) in [5.41, 5.74) is 0.825. The van der Waals surface area contributed by atoms with Gasteiger partial charge < -0.3 is 9.64 Å². The van der Waals surface area contributed by atoms with Crippen LogP contribution in [0.15, 0.2) is 30.3 Å². The van der Waals surface area contributed by atoms with E-state index in [0.717, 1.165) is 63.8 Å². The molecule has 3 rings (SSSR count). The third-order valence-electron chi connectivity index (χ3n) is 5.92. The molecule has 1 aliphatic carbocycles. The van der Waals surface area contributed by atoms with Gasteiger partial charge in [0.05, 0.1) is 18.1 Å². The molecule has 2 fully saturated rings. The van der Waals surface area contributed by atoms with Gasteiger partial charge in [0.15, 0.2) is 0 Å². The second kappa shape index (κ2) is 8.55. The van der Waals surface area contributed by atoms with Gasteiger partial charge in [0.2, 0.25) is 0 Å². The minimum Gasteiger partial charge on any atom is -0.450 e. The Balaban J connectivity index is 1.58. The third kappa shape index (κ3) is 4.02. The summed E-state index contributed by atoms with van der Waals surface area (Å²) in [4.78, 5) is 16.3. The average molecular weight is 355 g/mol. The van der Waals surface area contributed by atoms with Gasteiger partial charge in [-0.15, -0.1) is 0 Å². The Hall–Kier alpha value is -2.06. The van der Waals surface area contributed by atoms with E-state index in [1.807, 2.05) is 30.0 Å². The van der Waals surface area contributed by atoms with Crippen molar-refractivity contribution in [2.75, 3.05) is 32.8 Å². The molecule has 1 saturated heterocycles.